The van der Waals surface area contributed by atoms with Crippen molar-refractivity contribution in [2.75, 3.05) is 0 Å². The third-order valence-corrected chi connectivity index (χ3v) is 9.56. The van der Waals surface area contributed by atoms with Crippen molar-refractivity contribution in [3.8, 4) is 0 Å². The Labute approximate surface area is 194 Å². The topological polar surface area (TPSA) is 86.7 Å². The molecule has 6 atom stereocenters. The van der Waals surface area contributed by atoms with Crippen LogP contribution in [0.4, 0.5) is 0 Å². The minimum atomic E-state index is -0.470. The van der Waals surface area contributed by atoms with Crippen molar-refractivity contribution >= 4 is 23.5 Å². The highest BCUT2D eigenvalue weighted by Gasteiger charge is 2.67. The summed E-state index contributed by atoms with van der Waals surface area (Å²) < 4.78 is 10.9. The summed E-state index contributed by atoms with van der Waals surface area (Å²) >= 11 is 0. The van der Waals surface area contributed by atoms with E-state index in [2.05, 4.69) is 19.9 Å². The largest absolute Gasteiger partial charge is 0.458 e. The zero-order chi connectivity index (χ0) is 23.6. The molecule has 2 saturated carbocycles. The summed E-state index contributed by atoms with van der Waals surface area (Å²) in [4.78, 5) is 49.0. The van der Waals surface area contributed by atoms with E-state index in [1.54, 1.807) is 6.08 Å². The molecule has 0 aromatic heterocycles. The molecular formula is C27H32O6. The molecule has 0 aromatic rings. The van der Waals surface area contributed by atoms with Crippen LogP contribution in [0.3, 0.4) is 0 Å². The van der Waals surface area contributed by atoms with Crippen molar-refractivity contribution in [2.24, 2.45) is 28.6 Å². The van der Waals surface area contributed by atoms with Crippen molar-refractivity contribution < 1.29 is 28.7 Å². The highest BCUT2D eigenvalue weighted by molar-refractivity contribution is 5.95. The fraction of sp³-hybridized carbons (Fsp3) is 0.630. The molecule has 0 aromatic carbocycles. The fourth-order valence-electron chi connectivity index (χ4n) is 7.75. The molecule has 1 saturated heterocycles. The van der Waals surface area contributed by atoms with Gasteiger partial charge in [-0.1, -0.05) is 31.1 Å². The maximum atomic E-state index is 13.4. The first-order valence-electron chi connectivity index (χ1n) is 12.1. The van der Waals surface area contributed by atoms with E-state index in [9.17, 15) is 19.2 Å². The van der Waals surface area contributed by atoms with Gasteiger partial charge in [0.05, 0.1) is 6.26 Å². The Balaban J connectivity index is 1.58. The Morgan fingerprint density at radius 3 is 2.64 bits per heavy atom. The van der Waals surface area contributed by atoms with Gasteiger partial charge in [0.25, 0.3) is 0 Å². The minimum absolute atomic E-state index is 0.0206. The predicted molar refractivity (Wildman–Crippen MR) is 120 cm³/mol. The second-order valence-electron chi connectivity index (χ2n) is 11.0. The van der Waals surface area contributed by atoms with Crippen LogP contribution in [0.25, 0.3) is 0 Å². The Kier molecular flexibility index (Phi) is 5.07. The zero-order valence-electron chi connectivity index (χ0n) is 19.6. The molecule has 33 heavy (non-hydrogen) atoms. The number of fused-ring (bicyclic) bond motifs is 6. The van der Waals surface area contributed by atoms with E-state index in [1.807, 2.05) is 0 Å². The third-order valence-electron chi connectivity index (χ3n) is 9.56. The molecule has 0 radical (unpaired) electrons. The van der Waals surface area contributed by atoms with Gasteiger partial charge in [0.2, 0.25) is 0 Å². The zero-order valence-corrected chi connectivity index (χ0v) is 19.6. The normalized spacial score (nSPS) is 41.7. The number of hydrogen-bond donors (Lipinski definition) is 0. The van der Waals surface area contributed by atoms with Crippen molar-refractivity contribution in [1.29, 1.82) is 0 Å². The van der Waals surface area contributed by atoms with Gasteiger partial charge >= 0.3 is 11.9 Å². The summed E-state index contributed by atoms with van der Waals surface area (Å²) in [5, 5.41) is 0. The molecule has 1 heterocycles. The van der Waals surface area contributed by atoms with E-state index in [-0.39, 0.29) is 46.1 Å². The number of hydrogen-bond acceptors (Lipinski definition) is 6. The Bertz CT molecular complexity index is 1030. The summed E-state index contributed by atoms with van der Waals surface area (Å²) in [5.41, 5.74) is 1.45. The molecule has 0 N–H and O–H groups in total. The molecule has 1 spiro atoms. The number of carbonyl (C=O) groups excluding carboxylic acids is 4. The lowest BCUT2D eigenvalue weighted by atomic mass is 9.47. The molecule has 0 amide bonds. The van der Waals surface area contributed by atoms with E-state index in [4.69, 9.17) is 9.47 Å². The first-order chi connectivity index (χ1) is 15.6. The van der Waals surface area contributed by atoms with Crippen LogP contribution in [0.15, 0.2) is 35.6 Å². The van der Waals surface area contributed by atoms with Gasteiger partial charge in [0.1, 0.15) is 5.60 Å². The van der Waals surface area contributed by atoms with Gasteiger partial charge in [0.15, 0.2) is 11.6 Å². The highest BCUT2D eigenvalue weighted by atomic mass is 16.6. The maximum Gasteiger partial charge on any atom is 0.307 e. The number of esters is 2. The standard InChI is InChI=1S/C27H32O6/c1-16(28)32-13-8-22(30)19-15-17-14-18(29)4-9-25(17,2)20-5-10-26(3)21(24(19)20)6-11-27(26)12-7-23(31)33-27/h5,8,13-14,19,21,24H,4,6-7,9-12,15H2,1-3H3/b13-8+/t19-,21-,24+,25-,26-,27+/m0/s1. The third kappa shape index (κ3) is 3.20. The van der Waals surface area contributed by atoms with Gasteiger partial charge in [0, 0.05) is 42.6 Å². The summed E-state index contributed by atoms with van der Waals surface area (Å²) in [6, 6.07) is 0. The van der Waals surface area contributed by atoms with E-state index >= 15 is 0 Å². The lowest BCUT2D eigenvalue weighted by Gasteiger charge is -2.56. The molecule has 0 bridgehead atoms. The first-order valence-corrected chi connectivity index (χ1v) is 12.1. The molecule has 3 fully saturated rings. The van der Waals surface area contributed by atoms with E-state index in [1.165, 1.54) is 24.8 Å². The van der Waals surface area contributed by atoms with Crippen molar-refractivity contribution in [3.05, 3.63) is 35.6 Å². The van der Waals surface area contributed by atoms with Crippen LogP contribution in [0.1, 0.15) is 72.1 Å². The maximum absolute atomic E-state index is 13.4. The van der Waals surface area contributed by atoms with Gasteiger partial charge in [-0.25, -0.2) is 0 Å². The number of ether oxygens (including phenoxy) is 2. The van der Waals surface area contributed by atoms with E-state index < -0.39 is 11.6 Å². The molecule has 0 unspecified atom stereocenters. The van der Waals surface area contributed by atoms with Crippen molar-refractivity contribution in [2.45, 2.75) is 77.7 Å². The molecule has 1 aliphatic heterocycles. The number of ketones is 2. The lowest BCUT2D eigenvalue weighted by Crippen LogP contribution is -2.53. The molecular weight excluding hydrogens is 420 g/mol. The molecule has 6 nitrogen and oxygen atoms in total. The van der Waals surface area contributed by atoms with Crippen molar-refractivity contribution in [3.63, 3.8) is 0 Å². The SMILES string of the molecule is CC(=O)O/C=C/C(=O)[C@@H]1CC2=CC(=O)CC[C@]2(C)C2=CC[C@@]3(C)[C@@H](CC[C@@]34CCC(=O)O4)[C@@H]21. The second-order valence-corrected chi connectivity index (χ2v) is 11.0. The van der Waals surface area contributed by atoms with Gasteiger partial charge in [-0.05, 0) is 56.4 Å². The lowest BCUT2D eigenvalue weighted by molar-refractivity contribution is -0.161. The van der Waals surface area contributed by atoms with Crippen LogP contribution < -0.4 is 0 Å². The molecule has 5 aliphatic rings. The van der Waals surface area contributed by atoms with Crippen LogP contribution >= 0.6 is 0 Å². The Morgan fingerprint density at radius 2 is 1.94 bits per heavy atom. The summed E-state index contributed by atoms with van der Waals surface area (Å²) in [5.74, 6) is -0.631. The number of carbonyl (C=O) groups is 4. The Morgan fingerprint density at radius 1 is 1.15 bits per heavy atom. The highest BCUT2D eigenvalue weighted by Crippen LogP contribution is 2.69. The summed E-state index contributed by atoms with van der Waals surface area (Å²) in [7, 11) is 0. The van der Waals surface area contributed by atoms with Gasteiger partial charge in [-0.3, -0.25) is 19.2 Å². The average Bonchev–Trinajstić information content (AvgIpc) is 3.28. The predicted octanol–water partition coefficient (Wildman–Crippen LogP) is 4.39. The second kappa shape index (κ2) is 7.51. The monoisotopic (exact) mass is 452 g/mol. The van der Waals surface area contributed by atoms with Crippen LogP contribution in [0.2, 0.25) is 0 Å². The van der Waals surface area contributed by atoms with Gasteiger partial charge in [-0.2, -0.15) is 0 Å². The van der Waals surface area contributed by atoms with Crippen LogP contribution in [-0.2, 0) is 28.7 Å². The van der Waals surface area contributed by atoms with Crippen LogP contribution in [0, 0.1) is 28.6 Å². The number of rotatable bonds is 3. The van der Waals surface area contributed by atoms with E-state index in [0.29, 0.717) is 19.3 Å². The van der Waals surface area contributed by atoms with Crippen molar-refractivity contribution in [1.82, 2.24) is 0 Å². The van der Waals surface area contributed by atoms with Crippen LogP contribution in [-0.4, -0.2) is 29.1 Å². The molecule has 5 rings (SSSR count). The smallest absolute Gasteiger partial charge is 0.307 e. The fourth-order valence-corrected chi connectivity index (χ4v) is 7.75. The number of allylic oxidation sites excluding steroid dienone is 5. The first kappa shape index (κ1) is 22.3. The van der Waals surface area contributed by atoms with Crippen LogP contribution in [0.5, 0.6) is 0 Å². The minimum Gasteiger partial charge on any atom is -0.458 e. The summed E-state index contributed by atoms with van der Waals surface area (Å²) in [6.45, 7) is 5.76. The van der Waals surface area contributed by atoms with E-state index in [0.717, 1.165) is 37.7 Å². The summed E-state index contributed by atoms with van der Waals surface area (Å²) in [6.07, 6.45) is 12.2. The molecule has 6 heteroatoms. The molecule has 4 aliphatic carbocycles. The quantitative estimate of drug-likeness (QED) is 0.273. The van der Waals surface area contributed by atoms with Gasteiger partial charge in [-0.15, -0.1) is 0 Å². The molecule has 176 valence electrons. The van der Waals surface area contributed by atoms with Gasteiger partial charge < -0.3 is 9.47 Å². The Hall–Kier alpha value is -2.50. The average molecular weight is 453 g/mol.